The summed E-state index contributed by atoms with van der Waals surface area (Å²) in [4.78, 5) is 0. The highest BCUT2D eigenvalue weighted by Crippen LogP contribution is 2.59. The molecule has 0 aliphatic carbocycles. The van der Waals surface area contributed by atoms with Crippen molar-refractivity contribution >= 4 is 0 Å². The van der Waals surface area contributed by atoms with Crippen LogP contribution in [0.4, 0.5) is 0 Å². The summed E-state index contributed by atoms with van der Waals surface area (Å²) in [7, 11) is 0. The zero-order valence-electron chi connectivity index (χ0n) is 73.0. The van der Waals surface area contributed by atoms with Gasteiger partial charge in [-0.2, -0.15) is 0 Å². The molecule has 132 heavy (non-hydrogen) atoms. The second-order valence-corrected chi connectivity index (χ2v) is 33.8. The third kappa shape index (κ3) is 15.8. The molecule has 0 aliphatic rings. The standard InChI is InChI=1S/C132H90/c1-17-49-91(50-18-1)113-87-117(125(99-65-33-9-34-66-99)129(103-73-41-13-42-74-103)121(113)95-57-25-5-26-58-95)109-81-107(82-110(85-109)118-88-114(92-51-19-2-20-52-92)122(96-59-27-6-28-60-96)130(104-75-43-14-44-76-104)126(118)100-67-35-10-36-68-100)108-83-111(119-89-115(93-53-21-3-22-54-93)123(97-61-29-7-30-62-97)131(105-77-45-15-46-78-105)127(119)101-69-37-11-38-70-101)86-112(84-108)120-90-116(94-55-23-4-24-56-94)124(98-63-31-8-32-64-98)132(106-79-47-16-48-80-106)128(120)102-71-39-12-40-72-102/h1-90H. The van der Waals surface area contributed by atoms with Crippen LogP contribution in [-0.4, -0.2) is 0 Å². The summed E-state index contributed by atoms with van der Waals surface area (Å²) >= 11 is 0. The maximum atomic E-state index is 2.54. The Morgan fingerprint density at radius 3 is 0.273 bits per heavy atom. The third-order valence-corrected chi connectivity index (χ3v) is 25.8. The van der Waals surface area contributed by atoms with E-state index in [2.05, 4.69) is 546 Å². The van der Waals surface area contributed by atoms with Gasteiger partial charge in [0.25, 0.3) is 0 Å². The first-order valence-corrected chi connectivity index (χ1v) is 45.6. The quantitative estimate of drug-likeness (QED) is 0.0673. The maximum Gasteiger partial charge on any atom is -0.00143 e. The van der Waals surface area contributed by atoms with Crippen LogP contribution < -0.4 is 0 Å². The Morgan fingerprint density at radius 2 is 0.152 bits per heavy atom. The predicted octanol–water partition coefficient (Wildman–Crippen LogP) is 36.7. The molecule has 0 saturated carbocycles. The Labute approximate surface area is 774 Å². The molecule has 0 bridgehead atoms. The molecule has 0 heteroatoms. The zero-order valence-corrected chi connectivity index (χ0v) is 73.0. The first kappa shape index (κ1) is 80.7. The third-order valence-electron chi connectivity index (χ3n) is 25.8. The summed E-state index contributed by atoms with van der Waals surface area (Å²) in [6, 6.07) is 204. The van der Waals surface area contributed by atoms with Crippen LogP contribution in [0.1, 0.15) is 0 Å². The normalized spacial score (nSPS) is 11.2. The van der Waals surface area contributed by atoms with Gasteiger partial charge in [-0.1, -0.05) is 485 Å². The summed E-state index contributed by atoms with van der Waals surface area (Å²) in [5.74, 6) is 0. The van der Waals surface area contributed by atoms with Gasteiger partial charge in [0.2, 0.25) is 0 Å². The number of benzene rings is 22. The fourth-order valence-electron chi connectivity index (χ4n) is 20.0. The van der Waals surface area contributed by atoms with Gasteiger partial charge in [-0.25, -0.2) is 0 Å². The van der Waals surface area contributed by atoms with Crippen molar-refractivity contribution in [3.05, 3.63) is 546 Å². The second-order valence-electron chi connectivity index (χ2n) is 33.8. The van der Waals surface area contributed by atoms with Gasteiger partial charge in [0.05, 0.1) is 0 Å². The lowest BCUT2D eigenvalue weighted by molar-refractivity contribution is 1.50. The Hall–Kier alpha value is -17.2. The Balaban J connectivity index is 0.970. The van der Waals surface area contributed by atoms with E-state index < -0.39 is 0 Å². The average molecular weight is 1680 g/mol. The van der Waals surface area contributed by atoms with Gasteiger partial charge >= 0.3 is 0 Å². The smallest absolute Gasteiger partial charge is 0.00143 e. The minimum Gasteiger partial charge on any atom is -0.0622 e. The van der Waals surface area contributed by atoms with Gasteiger partial charge in [0, 0.05) is 0 Å². The van der Waals surface area contributed by atoms with Gasteiger partial charge in [0.1, 0.15) is 0 Å². The highest BCUT2D eigenvalue weighted by molar-refractivity contribution is 6.14. The summed E-state index contributed by atoms with van der Waals surface area (Å²) in [6.07, 6.45) is 0. The molecule has 0 heterocycles. The molecule has 0 unspecified atom stereocenters. The van der Waals surface area contributed by atoms with Crippen molar-refractivity contribution < 1.29 is 0 Å². The van der Waals surface area contributed by atoms with Crippen molar-refractivity contribution in [3.63, 3.8) is 0 Å². The van der Waals surface area contributed by atoms with Crippen molar-refractivity contribution in [2.24, 2.45) is 0 Å². The topological polar surface area (TPSA) is 0 Å². The molecule has 0 spiro atoms. The van der Waals surface area contributed by atoms with Crippen molar-refractivity contribution in [2.45, 2.75) is 0 Å². The van der Waals surface area contributed by atoms with E-state index in [0.717, 1.165) is 234 Å². The van der Waals surface area contributed by atoms with Gasteiger partial charge in [-0.3, -0.25) is 0 Å². The summed E-state index contributed by atoms with van der Waals surface area (Å²) < 4.78 is 0. The van der Waals surface area contributed by atoms with Crippen molar-refractivity contribution in [1.29, 1.82) is 0 Å². The zero-order chi connectivity index (χ0) is 87.9. The molecule has 0 fully saturated rings. The van der Waals surface area contributed by atoms with E-state index in [1.165, 1.54) is 0 Å². The molecule has 22 aromatic rings. The SMILES string of the molecule is c1ccc(-c2cc(-c3cc(-c4cc(-c5cc(-c6ccccc6)c(-c6ccccc6)c(-c6ccccc6)c5-c5ccccc5)cc(-c5cc(-c6ccccc6)c(-c6ccccc6)c(-c6ccccc6)c5-c5ccccc5)c4)cc(-c4cc(-c5ccccc5)c(-c5ccccc5)c(-c5ccccc5)c4-c4ccccc4)c3)c(-c3ccccc3)c(-c3ccccc3)c2-c2ccccc2)cc1. The minimum atomic E-state index is 1.02. The van der Waals surface area contributed by atoms with Crippen LogP contribution in [0.25, 0.3) is 234 Å². The van der Waals surface area contributed by atoms with E-state index in [-0.39, 0.29) is 0 Å². The number of hydrogen-bond acceptors (Lipinski definition) is 0. The number of rotatable bonds is 21. The Morgan fingerprint density at radius 1 is 0.0606 bits per heavy atom. The van der Waals surface area contributed by atoms with Crippen LogP contribution in [0.2, 0.25) is 0 Å². The van der Waals surface area contributed by atoms with Gasteiger partial charge in [-0.15, -0.1) is 0 Å². The van der Waals surface area contributed by atoms with Crippen LogP contribution >= 0.6 is 0 Å². The Kier molecular flexibility index (Phi) is 22.4. The van der Waals surface area contributed by atoms with Crippen LogP contribution in [0.5, 0.6) is 0 Å². The largest absolute Gasteiger partial charge is 0.0622 e. The lowest BCUT2D eigenvalue weighted by atomic mass is 9.76. The van der Waals surface area contributed by atoms with Crippen LogP contribution in [0.15, 0.2) is 546 Å². The molecule has 0 aromatic heterocycles. The molecule has 0 radical (unpaired) electrons. The van der Waals surface area contributed by atoms with E-state index in [0.29, 0.717) is 0 Å². The molecular weight excluding hydrogens is 1590 g/mol. The molecule has 618 valence electrons. The lowest BCUT2D eigenvalue weighted by Gasteiger charge is -2.27. The highest BCUT2D eigenvalue weighted by atomic mass is 14.3. The van der Waals surface area contributed by atoms with Crippen molar-refractivity contribution in [2.75, 3.05) is 0 Å². The van der Waals surface area contributed by atoms with Crippen molar-refractivity contribution in [1.82, 2.24) is 0 Å². The molecule has 0 saturated heterocycles. The monoisotopic (exact) mass is 1670 g/mol. The van der Waals surface area contributed by atoms with E-state index in [1.54, 1.807) is 0 Å². The average Bonchev–Trinajstić information content (AvgIpc) is 0.674. The maximum absolute atomic E-state index is 2.54. The highest BCUT2D eigenvalue weighted by Gasteiger charge is 2.32. The van der Waals surface area contributed by atoms with E-state index in [4.69, 9.17) is 0 Å². The molecule has 0 nitrogen and oxygen atoms in total. The van der Waals surface area contributed by atoms with Gasteiger partial charge < -0.3 is 0 Å². The molecule has 0 aliphatic heterocycles. The molecule has 0 atom stereocenters. The second kappa shape index (κ2) is 36.7. The van der Waals surface area contributed by atoms with Crippen LogP contribution in [0.3, 0.4) is 0 Å². The molecule has 22 rings (SSSR count). The van der Waals surface area contributed by atoms with Gasteiger partial charge in [-0.05, 0) is 294 Å². The predicted molar refractivity (Wildman–Crippen MR) is 561 cm³/mol. The summed E-state index contributed by atoms with van der Waals surface area (Å²) in [6.45, 7) is 0. The fourth-order valence-corrected chi connectivity index (χ4v) is 20.0. The van der Waals surface area contributed by atoms with Crippen molar-refractivity contribution in [3.8, 4) is 234 Å². The lowest BCUT2D eigenvalue weighted by Crippen LogP contribution is -2.00. The minimum absolute atomic E-state index is 1.02. The first-order chi connectivity index (χ1) is 65.6. The molecule has 22 aromatic carbocycles. The number of hydrogen-bond donors (Lipinski definition) is 0. The Bertz CT molecular complexity index is 6880. The molecule has 0 N–H and O–H groups in total. The fraction of sp³-hybridized carbons (Fsp3) is 0. The van der Waals surface area contributed by atoms with Crippen LogP contribution in [-0.2, 0) is 0 Å². The van der Waals surface area contributed by atoms with E-state index in [9.17, 15) is 0 Å². The van der Waals surface area contributed by atoms with E-state index >= 15 is 0 Å². The van der Waals surface area contributed by atoms with Crippen LogP contribution in [0, 0.1) is 0 Å². The molecule has 0 amide bonds. The molecular formula is C132H90. The van der Waals surface area contributed by atoms with Gasteiger partial charge in [0.15, 0.2) is 0 Å². The summed E-state index contributed by atoms with van der Waals surface area (Å²) in [5, 5.41) is 0. The van der Waals surface area contributed by atoms with E-state index in [1.807, 2.05) is 0 Å². The first-order valence-electron chi connectivity index (χ1n) is 45.6. The summed E-state index contributed by atoms with van der Waals surface area (Å²) in [5.41, 5.74) is 46.5.